The number of nitrogens with two attached hydrogens (primary N) is 1. The number of nitrogens with zero attached hydrogens (tertiary/aromatic N) is 2. The molecule has 0 spiro atoms. The normalized spacial score (nSPS) is 10.7. The summed E-state index contributed by atoms with van der Waals surface area (Å²) in [5.41, 5.74) is 9.19. The van der Waals surface area contributed by atoms with Gasteiger partial charge in [0.05, 0.1) is 17.4 Å². The van der Waals surface area contributed by atoms with Crippen molar-refractivity contribution in [1.82, 2.24) is 15.2 Å². The van der Waals surface area contributed by atoms with Crippen LogP contribution in [0.1, 0.15) is 19.0 Å². The third kappa shape index (κ3) is 2.89. The number of carbonyl (C=O) groups is 1. The Bertz CT molecular complexity index is 898. The molecule has 0 aliphatic rings. The predicted octanol–water partition coefficient (Wildman–Crippen LogP) is 2.26. The van der Waals surface area contributed by atoms with Gasteiger partial charge in [0.2, 0.25) is 5.91 Å². The van der Waals surface area contributed by atoms with Gasteiger partial charge in [0.1, 0.15) is 11.5 Å². The molecule has 0 aliphatic carbocycles. The Morgan fingerprint density at radius 1 is 1.30 bits per heavy atom. The third-order valence-electron chi connectivity index (χ3n) is 3.49. The second kappa shape index (κ2) is 5.88. The van der Waals surface area contributed by atoms with E-state index < -0.39 is 0 Å². The number of aromatic nitrogens is 3. The quantitative estimate of drug-likeness (QED) is 0.436. The second-order valence-corrected chi connectivity index (χ2v) is 5.11. The van der Waals surface area contributed by atoms with Crippen molar-refractivity contribution in [2.24, 2.45) is 5.73 Å². The van der Waals surface area contributed by atoms with Crippen molar-refractivity contribution in [2.75, 3.05) is 5.32 Å². The zero-order valence-corrected chi connectivity index (χ0v) is 12.6. The van der Waals surface area contributed by atoms with Crippen molar-refractivity contribution in [3.8, 4) is 11.1 Å². The Morgan fingerprint density at radius 2 is 2.13 bits per heavy atom. The number of carbonyl (C=O) groups excluding carboxylic acids is 1. The number of hydrogen-bond acceptors (Lipinski definition) is 4. The molecule has 0 atom stereocenters. The number of benzene rings is 1. The van der Waals surface area contributed by atoms with Crippen molar-refractivity contribution >= 4 is 28.3 Å². The number of nitrogen functional groups attached to an aromatic ring is 1. The maximum Gasteiger partial charge on any atom is 0.224 e. The lowest BCUT2D eigenvalue weighted by molar-refractivity contribution is -0.115. The molecule has 3 rings (SSSR count). The van der Waals surface area contributed by atoms with E-state index in [2.05, 4.69) is 20.5 Å². The van der Waals surface area contributed by atoms with Gasteiger partial charge in [-0.05, 0) is 23.8 Å². The standard InChI is InChI=1S/C16H16N6O/c1-2-14(23)20-11-5-10(7-19-8-11)9-3-4-13-12(6-9)15(16(17)18)22-21-13/h3-8H,2H2,1H3,(H3,17,18)(H,20,23)(H,21,22). The van der Waals surface area contributed by atoms with Gasteiger partial charge in [0.25, 0.3) is 0 Å². The topological polar surface area (TPSA) is 121 Å². The number of hydrogen-bond donors (Lipinski definition) is 4. The summed E-state index contributed by atoms with van der Waals surface area (Å²) in [6.07, 6.45) is 3.73. The molecule has 116 valence electrons. The van der Waals surface area contributed by atoms with Gasteiger partial charge in [0, 0.05) is 23.6 Å². The molecule has 2 heterocycles. The van der Waals surface area contributed by atoms with Crippen LogP contribution in [0, 0.1) is 5.41 Å². The monoisotopic (exact) mass is 308 g/mol. The van der Waals surface area contributed by atoms with Crippen molar-refractivity contribution in [3.05, 3.63) is 42.4 Å². The smallest absolute Gasteiger partial charge is 0.224 e. The highest BCUT2D eigenvalue weighted by atomic mass is 16.1. The van der Waals surface area contributed by atoms with E-state index in [1.165, 1.54) is 0 Å². The lowest BCUT2D eigenvalue weighted by atomic mass is 10.0. The molecule has 0 saturated heterocycles. The third-order valence-corrected chi connectivity index (χ3v) is 3.49. The highest BCUT2D eigenvalue weighted by molar-refractivity contribution is 6.06. The number of H-pyrrole nitrogens is 1. The van der Waals surface area contributed by atoms with E-state index in [1.807, 2.05) is 24.3 Å². The van der Waals surface area contributed by atoms with Crippen LogP contribution in [-0.2, 0) is 4.79 Å². The Labute approximate surface area is 132 Å². The molecule has 0 saturated carbocycles. The van der Waals surface area contributed by atoms with Gasteiger partial charge in [-0.15, -0.1) is 0 Å². The summed E-state index contributed by atoms with van der Waals surface area (Å²) in [4.78, 5) is 15.7. The molecule has 7 nitrogen and oxygen atoms in total. The highest BCUT2D eigenvalue weighted by Crippen LogP contribution is 2.26. The van der Waals surface area contributed by atoms with Crippen molar-refractivity contribution < 1.29 is 4.79 Å². The molecule has 0 radical (unpaired) electrons. The van der Waals surface area contributed by atoms with Crippen LogP contribution in [-0.4, -0.2) is 26.9 Å². The second-order valence-electron chi connectivity index (χ2n) is 5.11. The van der Waals surface area contributed by atoms with Crippen LogP contribution in [0.4, 0.5) is 5.69 Å². The summed E-state index contributed by atoms with van der Waals surface area (Å²) in [5.74, 6) is -0.149. The molecule has 2 aromatic heterocycles. The molecule has 0 bridgehead atoms. The first-order valence-corrected chi connectivity index (χ1v) is 7.16. The van der Waals surface area contributed by atoms with Gasteiger partial charge < -0.3 is 11.1 Å². The largest absolute Gasteiger partial charge is 0.382 e. The minimum atomic E-state index is -0.0875. The van der Waals surface area contributed by atoms with Gasteiger partial charge in [-0.2, -0.15) is 5.10 Å². The number of rotatable bonds is 4. The van der Waals surface area contributed by atoms with E-state index in [-0.39, 0.29) is 11.7 Å². The van der Waals surface area contributed by atoms with Crippen LogP contribution in [0.5, 0.6) is 0 Å². The summed E-state index contributed by atoms with van der Waals surface area (Å²) >= 11 is 0. The molecule has 1 amide bonds. The van der Waals surface area contributed by atoms with Crippen LogP contribution in [0.15, 0.2) is 36.7 Å². The Balaban J connectivity index is 2.02. The number of amides is 1. The van der Waals surface area contributed by atoms with Crippen LogP contribution >= 0.6 is 0 Å². The Kier molecular flexibility index (Phi) is 3.76. The van der Waals surface area contributed by atoms with E-state index in [0.717, 1.165) is 22.0 Å². The Hall–Kier alpha value is -3.22. The summed E-state index contributed by atoms with van der Waals surface area (Å²) in [6.45, 7) is 1.79. The lowest BCUT2D eigenvalue weighted by Gasteiger charge is -2.06. The van der Waals surface area contributed by atoms with Crippen molar-refractivity contribution in [2.45, 2.75) is 13.3 Å². The molecule has 23 heavy (non-hydrogen) atoms. The average molecular weight is 308 g/mol. The maximum atomic E-state index is 11.5. The van der Waals surface area contributed by atoms with Crippen LogP contribution < -0.4 is 11.1 Å². The molecule has 1 aromatic carbocycles. The van der Waals surface area contributed by atoms with Gasteiger partial charge in [-0.25, -0.2) is 0 Å². The summed E-state index contributed by atoms with van der Waals surface area (Å²) < 4.78 is 0. The summed E-state index contributed by atoms with van der Waals surface area (Å²) in [6, 6.07) is 7.56. The molecular weight excluding hydrogens is 292 g/mol. The first-order valence-electron chi connectivity index (χ1n) is 7.16. The van der Waals surface area contributed by atoms with Gasteiger partial charge >= 0.3 is 0 Å². The van der Waals surface area contributed by atoms with E-state index in [0.29, 0.717) is 17.8 Å². The van der Waals surface area contributed by atoms with E-state index in [1.54, 1.807) is 19.3 Å². The van der Waals surface area contributed by atoms with Crippen LogP contribution in [0.2, 0.25) is 0 Å². The van der Waals surface area contributed by atoms with E-state index >= 15 is 0 Å². The molecule has 0 unspecified atom stereocenters. The van der Waals surface area contributed by atoms with Crippen LogP contribution in [0.25, 0.3) is 22.0 Å². The Morgan fingerprint density at radius 3 is 2.87 bits per heavy atom. The van der Waals surface area contributed by atoms with Gasteiger partial charge in [-0.1, -0.05) is 13.0 Å². The molecule has 7 heteroatoms. The minimum absolute atomic E-state index is 0.0619. The fourth-order valence-electron chi connectivity index (χ4n) is 2.31. The summed E-state index contributed by atoms with van der Waals surface area (Å²) in [5, 5.41) is 18.0. The fourth-order valence-corrected chi connectivity index (χ4v) is 2.31. The molecule has 3 aromatic rings. The maximum absolute atomic E-state index is 11.5. The van der Waals surface area contributed by atoms with Gasteiger partial charge in [-0.3, -0.25) is 20.3 Å². The number of pyridine rings is 1. The molecule has 5 N–H and O–H groups in total. The molecule has 0 fully saturated rings. The van der Waals surface area contributed by atoms with Gasteiger partial charge in [0.15, 0.2) is 0 Å². The number of fused-ring (bicyclic) bond motifs is 1. The van der Waals surface area contributed by atoms with Crippen molar-refractivity contribution in [3.63, 3.8) is 0 Å². The SMILES string of the molecule is CCC(=O)Nc1cncc(-c2ccc3[nH]nc(C(=N)N)c3c2)c1. The predicted molar refractivity (Wildman–Crippen MR) is 89.3 cm³/mol. The summed E-state index contributed by atoms with van der Waals surface area (Å²) in [7, 11) is 0. The van der Waals surface area contributed by atoms with E-state index in [4.69, 9.17) is 11.1 Å². The highest BCUT2D eigenvalue weighted by Gasteiger charge is 2.10. The average Bonchev–Trinajstić information content (AvgIpc) is 2.98. The minimum Gasteiger partial charge on any atom is -0.382 e. The number of amidine groups is 1. The number of aromatic amines is 1. The first kappa shape index (κ1) is 14.7. The number of nitrogens with one attached hydrogen (secondary N) is 3. The lowest BCUT2D eigenvalue weighted by Crippen LogP contribution is -2.11. The van der Waals surface area contributed by atoms with E-state index in [9.17, 15) is 4.79 Å². The number of anilines is 1. The zero-order chi connectivity index (χ0) is 16.4. The first-order chi connectivity index (χ1) is 11.1. The van der Waals surface area contributed by atoms with Crippen LogP contribution in [0.3, 0.4) is 0 Å². The molecular formula is C16H16N6O. The van der Waals surface area contributed by atoms with Crippen molar-refractivity contribution in [1.29, 1.82) is 5.41 Å². The molecule has 0 aliphatic heterocycles. The fraction of sp³-hybridized carbons (Fsp3) is 0.125. The zero-order valence-electron chi connectivity index (χ0n) is 12.6.